The van der Waals surface area contributed by atoms with Gasteiger partial charge in [-0.05, 0) is 55.1 Å². The van der Waals surface area contributed by atoms with Crippen molar-refractivity contribution in [3.8, 4) is 0 Å². The molecule has 4 heteroatoms. The van der Waals surface area contributed by atoms with Crippen molar-refractivity contribution in [2.45, 2.75) is 25.3 Å². The highest BCUT2D eigenvalue weighted by Gasteiger charge is 2.65. The van der Waals surface area contributed by atoms with E-state index >= 15 is 0 Å². The molecular weight excluding hydrogens is 245 g/mol. The average molecular weight is 261 g/mol. The Labute approximate surface area is 110 Å². The quantitative estimate of drug-likeness (QED) is 0.879. The molecule has 0 saturated heterocycles. The number of fused-ring (bicyclic) bond motifs is 5. The molecule has 0 heterocycles. The van der Waals surface area contributed by atoms with Gasteiger partial charge in [0.1, 0.15) is 5.82 Å². The molecule has 0 aromatic heterocycles. The van der Waals surface area contributed by atoms with Crippen molar-refractivity contribution in [2.24, 2.45) is 23.7 Å². The van der Waals surface area contributed by atoms with Gasteiger partial charge in [0, 0.05) is 6.04 Å². The van der Waals surface area contributed by atoms with Gasteiger partial charge in [-0.15, -0.1) is 0 Å². The van der Waals surface area contributed by atoms with Crippen LogP contribution in [0.4, 0.5) is 10.1 Å². The molecule has 19 heavy (non-hydrogen) atoms. The van der Waals surface area contributed by atoms with Crippen LogP contribution in [0.25, 0.3) is 0 Å². The molecule has 0 amide bonds. The van der Waals surface area contributed by atoms with Gasteiger partial charge in [-0.2, -0.15) is 0 Å². The van der Waals surface area contributed by atoms with Crippen LogP contribution < -0.4 is 5.32 Å². The van der Waals surface area contributed by atoms with E-state index in [-0.39, 0.29) is 11.3 Å². The molecule has 2 bridgehead atoms. The van der Waals surface area contributed by atoms with Crippen molar-refractivity contribution < 1.29 is 14.3 Å². The molecule has 4 atom stereocenters. The van der Waals surface area contributed by atoms with Gasteiger partial charge in [0.05, 0.1) is 11.3 Å². The van der Waals surface area contributed by atoms with Crippen molar-refractivity contribution in [1.82, 2.24) is 0 Å². The molecule has 3 aliphatic rings. The van der Waals surface area contributed by atoms with Crippen LogP contribution in [0.3, 0.4) is 0 Å². The Morgan fingerprint density at radius 2 is 1.95 bits per heavy atom. The van der Waals surface area contributed by atoms with Gasteiger partial charge in [0.15, 0.2) is 0 Å². The van der Waals surface area contributed by atoms with E-state index in [1.807, 2.05) is 0 Å². The van der Waals surface area contributed by atoms with Crippen LogP contribution in [0, 0.1) is 29.5 Å². The van der Waals surface area contributed by atoms with E-state index in [1.165, 1.54) is 37.5 Å². The van der Waals surface area contributed by atoms with E-state index in [0.717, 1.165) is 11.8 Å². The fourth-order valence-electron chi connectivity index (χ4n) is 4.53. The second kappa shape index (κ2) is 3.71. The first-order chi connectivity index (χ1) is 9.16. The normalized spacial score (nSPS) is 38.1. The standard InChI is InChI=1S/C15H16FNO2/c16-10-3-1-2-9(15(18)19)13(10)17-14-11-7-4-5-8(6-7)12(11)14/h1-3,7-8,11-12,14,17H,4-6H2,(H,18,19). The van der Waals surface area contributed by atoms with Crippen LogP contribution in [0.2, 0.25) is 0 Å². The van der Waals surface area contributed by atoms with Crippen molar-refractivity contribution in [3.05, 3.63) is 29.6 Å². The summed E-state index contributed by atoms with van der Waals surface area (Å²) in [6.45, 7) is 0. The number of anilines is 1. The molecule has 3 saturated carbocycles. The molecule has 1 aromatic rings. The van der Waals surface area contributed by atoms with Crippen LogP contribution >= 0.6 is 0 Å². The zero-order valence-corrected chi connectivity index (χ0v) is 10.5. The van der Waals surface area contributed by atoms with E-state index in [1.54, 1.807) is 0 Å². The number of rotatable bonds is 3. The van der Waals surface area contributed by atoms with Gasteiger partial charge < -0.3 is 10.4 Å². The van der Waals surface area contributed by atoms with Gasteiger partial charge in [-0.3, -0.25) is 0 Å². The summed E-state index contributed by atoms with van der Waals surface area (Å²) < 4.78 is 13.9. The average Bonchev–Trinajstić information content (AvgIpc) is 2.79. The summed E-state index contributed by atoms with van der Waals surface area (Å²) in [6.07, 6.45) is 3.93. The molecule has 4 unspecified atom stereocenters. The Hall–Kier alpha value is -1.58. The number of carboxylic acids is 1. The molecule has 3 nitrogen and oxygen atoms in total. The fourth-order valence-corrected chi connectivity index (χ4v) is 4.53. The minimum atomic E-state index is -1.07. The lowest BCUT2D eigenvalue weighted by atomic mass is 10.0. The molecule has 100 valence electrons. The second-order valence-corrected chi connectivity index (χ2v) is 6.13. The van der Waals surface area contributed by atoms with Gasteiger partial charge in [-0.25, -0.2) is 9.18 Å². The molecular formula is C15H16FNO2. The Bertz CT molecular complexity index is 543. The predicted octanol–water partition coefficient (Wildman–Crippen LogP) is 2.98. The highest BCUT2D eigenvalue weighted by atomic mass is 19.1. The SMILES string of the molecule is O=C(O)c1cccc(F)c1NC1C2C3CCC(C3)C12. The zero-order chi connectivity index (χ0) is 13.1. The molecule has 0 radical (unpaired) electrons. The van der Waals surface area contributed by atoms with E-state index in [9.17, 15) is 9.18 Å². The lowest BCUT2D eigenvalue weighted by Crippen LogP contribution is -2.16. The first-order valence-electron chi connectivity index (χ1n) is 6.95. The minimum absolute atomic E-state index is 0.0392. The summed E-state index contributed by atoms with van der Waals surface area (Å²) in [5, 5.41) is 12.3. The number of benzene rings is 1. The molecule has 2 N–H and O–H groups in total. The maximum absolute atomic E-state index is 13.9. The van der Waals surface area contributed by atoms with Crippen molar-refractivity contribution in [1.29, 1.82) is 0 Å². The topological polar surface area (TPSA) is 49.3 Å². The monoisotopic (exact) mass is 261 g/mol. The maximum Gasteiger partial charge on any atom is 0.337 e. The van der Waals surface area contributed by atoms with Crippen molar-refractivity contribution in [2.75, 3.05) is 5.32 Å². The number of carboxylic acid groups (broad SMARTS) is 1. The number of para-hydroxylation sites is 1. The third kappa shape index (κ3) is 1.52. The summed E-state index contributed by atoms with van der Waals surface area (Å²) in [4.78, 5) is 11.2. The van der Waals surface area contributed by atoms with Gasteiger partial charge in [-0.1, -0.05) is 6.07 Å². The van der Waals surface area contributed by atoms with Crippen LogP contribution in [-0.2, 0) is 0 Å². The van der Waals surface area contributed by atoms with E-state index in [2.05, 4.69) is 5.32 Å². The summed E-state index contributed by atoms with van der Waals surface area (Å²) >= 11 is 0. The van der Waals surface area contributed by atoms with Crippen LogP contribution in [0.15, 0.2) is 18.2 Å². The van der Waals surface area contributed by atoms with Crippen molar-refractivity contribution >= 4 is 11.7 Å². The first-order valence-corrected chi connectivity index (χ1v) is 6.95. The predicted molar refractivity (Wildman–Crippen MR) is 68.6 cm³/mol. The summed E-state index contributed by atoms with van der Waals surface area (Å²) in [7, 11) is 0. The Morgan fingerprint density at radius 3 is 2.58 bits per heavy atom. The summed E-state index contributed by atoms with van der Waals surface area (Å²) in [6, 6.07) is 4.52. The van der Waals surface area contributed by atoms with Gasteiger partial charge in [0.25, 0.3) is 0 Å². The number of carbonyl (C=O) groups is 1. The summed E-state index contributed by atoms with van der Waals surface area (Å²) in [5.41, 5.74) is 0.214. The van der Waals surface area contributed by atoms with Gasteiger partial charge >= 0.3 is 5.97 Å². The first kappa shape index (κ1) is 11.3. The van der Waals surface area contributed by atoms with E-state index in [4.69, 9.17) is 5.11 Å². The smallest absolute Gasteiger partial charge is 0.337 e. The number of aromatic carboxylic acids is 1. The van der Waals surface area contributed by atoms with Gasteiger partial charge in [0.2, 0.25) is 0 Å². The number of hydrogen-bond acceptors (Lipinski definition) is 2. The molecule has 4 rings (SSSR count). The molecule has 3 aliphatic carbocycles. The Morgan fingerprint density at radius 1 is 1.26 bits per heavy atom. The number of nitrogens with one attached hydrogen (secondary N) is 1. The fraction of sp³-hybridized carbons (Fsp3) is 0.533. The van der Waals surface area contributed by atoms with Crippen LogP contribution in [0.1, 0.15) is 29.6 Å². The zero-order valence-electron chi connectivity index (χ0n) is 10.5. The van der Waals surface area contributed by atoms with Crippen LogP contribution in [-0.4, -0.2) is 17.1 Å². The molecule has 0 spiro atoms. The third-order valence-electron chi connectivity index (χ3n) is 5.29. The lowest BCUT2D eigenvalue weighted by molar-refractivity contribution is 0.0697. The van der Waals surface area contributed by atoms with E-state index < -0.39 is 11.8 Å². The molecule has 1 aromatic carbocycles. The number of hydrogen-bond donors (Lipinski definition) is 2. The highest BCUT2D eigenvalue weighted by molar-refractivity contribution is 5.94. The highest BCUT2D eigenvalue weighted by Crippen LogP contribution is 2.66. The van der Waals surface area contributed by atoms with Crippen molar-refractivity contribution in [3.63, 3.8) is 0 Å². The third-order valence-corrected chi connectivity index (χ3v) is 5.29. The molecule has 0 aliphatic heterocycles. The maximum atomic E-state index is 13.9. The molecule has 3 fully saturated rings. The Balaban J connectivity index is 1.60. The Kier molecular flexibility index (Phi) is 2.20. The van der Waals surface area contributed by atoms with Crippen LogP contribution in [0.5, 0.6) is 0 Å². The van der Waals surface area contributed by atoms with E-state index in [0.29, 0.717) is 17.9 Å². The largest absolute Gasteiger partial charge is 0.478 e. The minimum Gasteiger partial charge on any atom is -0.478 e. The second-order valence-electron chi connectivity index (χ2n) is 6.13. The lowest BCUT2D eigenvalue weighted by Gasteiger charge is -2.14. The summed E-state index contributed by atoms with van der Waals surface area (Å²) in [5.74, 6) is 1.34. The number of halogens is 1.